The molecule has 0 radical (unpaired) electrons. The van der Waals surface area contributed by atoms with Gasteiger partial charge in [-0.2, -0.15) is 10.2 Å². The number of carbonyl (C=O) groups is 1. The first-order valence-electron chi connectivity index (χ1n) is 7.56. The summed E-state index contributed by atoms with van der Waals surface area (Å²) in [5, 5.41) is 11.1. The fourth-order valence-electron chi connectivity index (χ4n) is 2.32. The number of aryl methyl sites for hydroxylation is 1. The third-order valence-electron chi connectivity index (χ3n) is 3.51. The molecule has 0 bridgehead atoms. The number of anilines is 1. The van der Waals surface area contributed by atoms with Crippen LogP contribution in [0.4, 0.5) is 5.69 Å². The first-order valence-corrected chi connectivity index (χ1v) is 8.73. The molecule has 26 heavy (non-hydrogen) atoms. The maximum Gasteiger partial charge on any atom is 0.256 e. The predicted octanol–water partition coefficient (Wildman–Crippen LogP) is 4.01. The van der Waals surface area contributed by atoms with E-state index in [0.29, 0.717) is 22.1 Å². The lowest BCUT2D eigenvalue weighted by Gasteiger charge is -2.10. The number of nitrogens with zero attached hydrogens (tertiary/aromatic N) is 4. The Morgan fingerprint density at radius 2 is 2.00 bits per heavy atom. The highest BCUT2D eigenvalue weighted by atomic mass is 79.9. The van der Waals surface area contributed by atoms with Crippen molar-refractivity contribution in [3.8, 4) is 17.7 Å². The Morgan fingerprint density at radius 3 is 2.65 bits per heavy atom. The first kappa shape index (κ1) is 18.1. The summed E-state index contributed by atoms with van der Waals surface area (Å²) in [6.07, 6.45) is 4.56. The lowest BCUT2D eigenvalue weighted by molar-refractivity contribution is 0.102. The zero-order valence-electron chi connectivity index (χ0n) is 13.9. The van der Waals surface area contributed by atoms with Gasteiger partial charge in [-0.3, -0.25) is 4.79 Å². The van der Waals surface area contributed by atoms with E-state index in [4.69, 9.17) is 11.6 Å². The van der Waals surface area contributed by atoms with E-state index in [1.165, 1.54) is 23.4 Å². The summed E-state index contributed by atoms with van der Waals surface area (Å²) in [4.78, 5) is 18.2. The van der Waals surface area contributed by atoms with Crippen molar-refractivity contribution in [3.05, 3.63) is 63.0 Å². The van der Waals surface area contributed by atoms with Gasteiger partial charge < -0.3 is 5.32 Å². The molecular formula is C18H13BrClN5O. The van der Waals surface area contributed by atoms with Gasteiger partial charge in [0.15, 0.2) is 5.82 Å². The summed E-state index contributed by atoms with van der Waals surface area (Å²) in [5.41, 5.74) is 2.58. The van der Waals surface area contributed by atoms with Gasteiger partial charge in [0.1, 0.15) is 0 Å². The molecule has 0 aliphatic carbocycles. The minimum atomic E-state index is -0.267. The van der Waals surface area contributed by atoms with Gasteiger partial charge in [0.25, 0.3) is 5.91 Å². The fourth-order valence-corrected chi connectivity index (χ4v) is 3.12. The van der Waals surface area contributed by atoms with Crippen molar-refractivity contribution in [1.29, 1.82) is 0 Å². The zero-order valence-corrected chi connectivity index (χ0v) is 16.3. The Morgan fingerprint density at radius 1 is 1.27 bits per heavy atom. The van der Waals surface area contributed by atoms with Gasteiger partial charge in [0, 0.05) is 15.6 Å². The number of hydrogen-bond donors (Lipinski definition) is 1. The fraction of sp³-hybridized carbons (Fsp3) is 0.111. The number of pyridine rings is 1. The van der Waals surface area contributed by atoms with Crippen LogP contribution in [0.5, 0.6) is 0 Å². The highest BCUT2D eigenvalue weighted by Gasteiger charge is 2.14. The molecule has 0 saturated carbocycles. The summed E-state index contributed by atoms with van der Waals surface area (Å²) in [6.45, 7) is 3.61. The van der Waals surface area contributed by atoms with Crippen molar-refractivity contribution >= 4 is 39.1 Å². The molecule has 2 aromatic heterocycles. The van der Waals surface area contributed by atoms with Crippen molar-refractivity contribution in [1.82, 2.24) is 20.0 Å². The van der Waals surface area contributed by atoms with Crippen LogP contribution in [0.2, 0.25) is 5.02 Å². The van der Waals surface area contributed by atoms with Crippen molar-refractivity contribution in [2.24, 2.45) is 0 Å². The highest BCUT2D eigenvalue weighted by Crippen LogP contribution is 2.24. The van der Waals surface area contributed by atoms with Crippen molar-refractivity contribution in [3.63, 3.8) is 0 Å². The molecule has 130 valence electrons. The van der Waals surface area contributed by atoms with Crippen LogP contribution in [0.1, 0.15) is 28.4 Å². The number of rotatable bonds is 3. The topological polar surface area (TPSA) is 72.7 Å². The number of aromatic nitrogens is 4. The van der Waals surface area contributed by atoms with Crippen LogP contribution in [-0.4, -0.2) is 25.9 Å². The monoisotopic (exact) mass is 429 g/mol. The van der Waals surface area contributed by atoms with E-state index in [9.17, 15) is 4.79 Å². The predicted molar refractivity (Wildman–Crippen MR) is 104 cm³/mol. The Labute approximate surface area is 163 Å². The van der Waals surface area contributed by atoms with Crippen molar-refractivity contribution in [2.45, 2.75) is 13.8 Å². The van der Waals surface area contributed by atoms with E-state index < -0.39 is 0 Å². The molecule has 8 heteroatoms. The van der Waals surface area contributed by atoms with Crippen LogP contribution in [-0.2, 0) is 0 Å². The molecule has 0 aliphatic heterocycles. The lowest BCUT2D eigenvalue weighted by Crippen LogP contribution is -2.14. The number of amides is 1. The van der Waals surface area contributed by atoms with Gasteiger partial charge in [0.05, 0.1) is 29.3 Å². The van der Waals surface area contributed by atoms with E-state index in [1.54, 1.807) is 19.1 Å². The average Bonchev–Trinajstić information content (AvgIpc) is 3.11. The van der Waals surface area contributed by atoms with Crippen LogP contribution in [0.25, 0.3) is 5.82 Å². The second-order valence-electron chi connectivity index (χ2n) is 5.32. The summed E-state index contributed by atoms with van der Waals surface area (Å²) in [6, 6.07) is 5.22. The molecule has 0 saturated heterocycles. The number of carbonyl (C=O) groups excluding carboxylic acids is 1. The SMILES string of the molecule is CC#Cc1cc(C(=O)Nc2cnc(-n3nccn3)c(Cl)c2)c(C)cc1Br. The van der Waals surface area contributed by atoms with Gasteiger partial charge in [0.2, 0.25) is 0 Å². The van der Waals surface area contributed by atoms with Crippen LogP contribution in [0.15, 0.2) is 41.3 Å². The largest absolute Gasteiger partial charge is 0.321 e. The second kappa shape index (κ2) is 7.68. The number of benzene rings is 1. The normalized spacial score (nSPS) is 10.2. The van der Waals surface area contributed by atoms with E-state index >= 15 is 0 Å². The Balaban J connectivity index is 1.87. The number of nitrogens with one attached hydrogen (secondary N) is 1. The van der Waals surface area contributed by atoms with Gasteiger partial charge in [-0.05, 0) is 53.5 Å². The summed E-state index contributed by atoms with van der Waals surface area (Å²) < 4.78 is 0.849. The molecule has 6 nitrogen and oxygen atoms in total. The van der Waals surface area contributed by atoms with E-state index in [2.05, 4.69) is 48.3 Å². The van der Waals surface area contributed by atoms with Crippen molar-refractivity contribution < 1.29 is 4.79 Å². The molecule has 0 aliphatic rings. The second-order valence-corrected chi connectivity index (χ2v) is 6.59. The highest BCUT2D eigenvalue weighted by molar-refractivity contribution is 9.10. The Hall–Kier alpha value is -2.69. The van der Waals surface area contributed by atoms with E-state index in [-0.39, 0.29) is 5.91 Å². The molecule has 0 atom stereocenters. The van der Waals surface area contributed by atoms with Crippen LogP contribution < -0.4 is 5.32 Å². The third kappa shape index (κ3) is 3.77. The molecule has 1 N–H and O–H groups in total. The van der Waals surface area contributed by atoms with Crippen LogP contribution in [0.3, 0.4) is 0 Å². The van der Waals surface area contributed by atoms with Crippen molar-refractivity contribution in [2.75, 3.05) is 5.32 Å². The summed E-state index contributed by atoms with van der Waals surface area (Å²) >= 11 is 9.69. The maximum atomic E-state index is 12.7. The summed E-state index contributed by atoms with van der Waals surface area (Å²) in [5.74, 6) is 5.92. The molecule has 0 spiro atoms. The molecule has 3 rings (SSSR count). The Kier molecular flexibility index (Phi) is 5.35. The molecule has 0 unspecified atom stereocenters. The van der Waals surface area contributed by atoms with Crippen LogP contribution >= 0.6 is 27.5 Å². The molecule has 1 aromatic carbocycles. The van der Waals surface area contributed by atoms with Gasteiger partial charge in [-0.25, -0.2) is 4.98 Å². The Bertz CT molecular complexity index is 1040. The quantitative estimate of drug-likeness (QED) is 0.637. The minimum absolute atomic E-state index is 0.267. The van der Waals surface area contributed by atoms with Gasteiger partial charge in [-0.1, -0.05) is 17.5 Å². The molecule has 0 fully saturated rings. The van der Waals surface area contributed by atoms with Gasteiger partial charge >= 0.3 is 0 Å². The zero-order chi connectivity index (χ0) is 18.7. The lowest BCUT2D eigenvalue weighted by atomic mass is 10.0. The average molecular weight is 431 g/mol. The van der Waals surface area contributed by atoms with Crippen LogP contribution in [0, 0.1) is 18.8 Å². The van der Waals surface area contributed by atoms with E-state index in [0.717, 1.165) is 15.6 Å². The standard InChI is InChI=1S/C18H13BrClN5O/c1-3-4-12-8-14(11(2)7-15(12)19)18(26)24-13-9-16(20)17(21-10-13)25-22-5-6-23-25/h5-10H,1-2H3,(H,24,26). The molecule has 2 heterocycles. The number of hydrogen-bond acceptors (Lipinski definition) is 4. The summed E-state index contributed by atoms with van der Waals surface area (Å²) in [7, 11) is 0. The van der Waals surface area contributed by atoms with Gasteiger partial charge in [-0.15, -0.1) is 10.7 Å². The molecule has 1 amide bonds. The molecular weight excluding hydrogens is 418 g/mol. The molecule has 3 aromatic rings. The number of halogens is 2. The first-order chi connectivity index (χ1) is 12.5. The smallest absolute Gasteiger partial charge is 0.256 e. The minimum Gasteiger partial charge on any atom is -0.321 e. The van der Waals surface area contributed by atoms with E-state index in [1.807, 2.05) is 13.0 Å². The third-order valence-corrected chi connectivity index (χ3v) is 4.44. The maximum absolute atomic E-state index is 12.7.